The van der Waals surface area contributed by atoms with Crippen molar-refractivity contribution in [3.05, 3.63) is 18.4 Å². The second-order valence-electron chi connectivity index (χ2n) is 4.71. The molecule has 90 valence electrons. The van der Waals surface area contributed by atoms with Crippen LogP contribution >= 0.6 is 0 Å². The largest absolute Gasteiger partial charge is 1.00 e. The molecule has 0 aromatic carbocycles. The summed E-state index contributed by atoms with van der Waals surface area (Å²) in [6.07, 6.45) is 5.12. The Morgan fingerprint density at radius 2 is 1.88 bits per heavy atom. The summed E-state index contributed by atoms with van der Waals surface area (Å²) in [5, 5.41) is 0. The second-order valence-corrected chi connectivity index (χ2v) is 4.71. The molecule has 5 heteroatoms. The molecule has 2 atom stereocenters. The first-order valence-corrected chi connectivity index (χ1v) is 6.23. The molecular weight excluding hydrogens is 210 g/mol. The van der Waals surface area contributed by atoms with Gasteiger partial charge >= 0.3 is 25.4 Å². The minimum Gasteiger partial charge on any atom is -0.559 e. The van der Waals surface area contributed by atoms with Gasteiger partial charge in [0.1, 0.15) is 0 Å². The van der Waals surface area contributed by atoms with Crippen LogP contribution in [0.1, 0.15) is 33.6 Å². The Bertz CT molecular complexity index is 319. The van der Waals surface area contributed by atoms with Gasteiger partial charge in [-0.2, -0.15) is 0 Å². The topological polar surface area (TPSA) is 31.6 Å². The average molecular weight is 230 g/mol. The van der Waals surface area contributed by atoms with Gasteiger partial charge in [0.15, 0.2) is 0 Å². The molecule has 0 radical (unpaired) electrons. The standard InChI is InChI=1S/C12H20BO3.Li/c1-4-5-8-13(12-7-6-9-14-12)15-10(2)11(3)16-13;/h6-7,9-11H,4-5,8H2,1-3H3;/q-1;+1. The van der Waals surface area contributed by atoms with Crippen molar-refractivity contribution in [2.75, 3.05) is 0 Å². The fourth-order valence-corrected chi connectivity index (χ4v) is 2.37. The molecule has 1 fully saturated rings. The Hall–Kier alpha value is -0.138. The molecule has 0 saturated carbocycles. The van der Waals surface area contributed by atoms with E-state index >= 15 is 0 Å². The van der Waals surface area contributed by atoms with Crippen molar-refractivity contribution in [1.29, 1.82) is 0 Å². The summed E-state index contributed by atoms with van der Waals surface area (Å²) in [5.41, 5.74) is 0.852. The molecule has 0 bridgehead atoms. The Labute approximate surface area is 115 Å². The molecule has 0 N–H and O–H groups in total. The van der Waals surface area contributed by atoms with Gasteiger partial charge in [0.25, 0.3) is 0 Å². The summed E-state index contributed by atoms with van der Waals surface area (Å²) in [6.45, 7) is 4.91. The van der Waals surface area contributed by atoms with E-state index in [-0.39, 0.29) is 31.1 Å². The summed E-state index contributed by atoms with van der Waals surface area (Å²) in [5.74, 6) is 0. The molecule has 2 rings (SSSR count). The molecule has 2 heterocycles. The van der Waals surface area contributed by atoms with Gasteiger partial charge in [-0.15, -0.1) is 6.32 Å². The van der Waals surface area contributed by atoms with Crippen LogP contribution < -0.4 is 24.5 Å². The molecule has 0 amide bonds. The number of furan rings is 1. The third-order valence-electron chi connectivity index (χ3n) is 3.44. The van der Waals surface area contributed by atoms with Crippen molar-refractivity contribution in [2.24, 2.45) is 0 Å². The van der Waals surface area contributed by atoms with E-state index in [0.29, 0.717) is 0 Å². The van der Waals surface area contributed by atoms with Crippen molar-refractivity contribution in [2.45, 2.75) is 52.1 Å². The Kier molecular flexibility index (Phi) is 5.40. The maximum atomic E-state index is 6.05. The molecule has 1 aromatic rings. The van der Waals surface area contributed by atoms with Crippen molar-refractivity contribution < 1.29 is 32.6 Å². The molecule has 1 aliphatic heterocycles. The zero-order chi connectivity index (χ0) is 11.6. The normalized spacial score (nSPS) is 32.4. The van der Waals surface area contributed by atoms with Crippen LogP contribution in [0.5, 0.6) is 0 Å². The first-order valence-electron chi connectivity index (χ1n) is 6.23. The quantitative estimate of drug-likeness (QED) is 0.657. The van der Waals surface area contributed by atoms with Crippen LogP contribution in [0, 0.1) is 0 Å². The molecule has 3 nitrogen and oxygen atoms in total. The van der Waals surface area contributed by atoms with Gasteiger partial charge in [0, 0.05) is 17.9 Å². The molecule has 1 aliphatic rings. The van der Waals surface area contributed by atoms with Crippen LogP contribution in [-0.4, -0.2) is 18.8 Å². The molecule has 2 unspecified atom stereocenters. The number of hydrogen-bond acceptors (Lipinski definition) is 3. The minimum absolute atomic E-state index is 0. The molecule has 17 heavy (non-hydrogen) atoms. The third-order valence-corrected chi connectivity index (χ3v) is 3.44. The van der Waals surface area contributed by atoms with Crippen LogP contribution in [-0.2, 0) is 9.31 Å². The SMILES string of the molecule is CCCC[B-]1(c2ccco2)OC(C)C(C)O1.[Li+]. The smallest absolute Gasteiger partial charge is 0.559 e. The van der Waals surface area contributed by atoms with Crippen molar-refractivity contribution in [1.82, 2.24) is 0 Å². The van der Waals surface area contributed by atoms with Gasteiger partial charge < -0.3 is 13.7 Å². The van der Waals surface area contributed by atoms with Crippen LogP contribution in [0.4, 0.5) is 0 Å². The molecule has 1 saturated heterocycles. The summed E-state index contributed by atoms with van der Waals surface area (Å²) in [7, 11) is 0. The first kappa shape index (κ1) is 14.9. The Morgan fingerprint density at radius 1 is 1.24 bits per heavy atom. The van der Waals surface area contributed by atoms with Crippen molar-refractivity contribution in [3.63, 3.8) is 0 Å². The average Bonchev–Trinajstić information content (AvgIpc) is 2.86. The van der Waals surface area contributed by atoms with E-state index in [1.165, 1.54) is 0 Å². The van der Waals surface area contributed by atoms with Crippen LogP contribution in [0.25, 0.3) is 0 Å². The fraction of sp³-hybridized carbons (Fsp3) is 0.667. The fourth-order valence-electron chi connectivity index (χ4n) is 2.37. The Morgan fingerprint density at radius 3 is 2.35 bits per heavy atom. The van der Waals surface area contributed by atoms with Crippen LogP contribution in [0.2, 0.25) is 6.32 Å². The van der Waals surface area contributed by atoms with Gasteiger partial charge in [-0.05, 0) is 19.9 Å². The van der Waals surface area contributed by atoms with E-state index in [4.69, 9.17) is 13.7 Å². The summed E-state index contributed by atoms with van der Waals surface area (Å²) < 4.78 is 17.6. The summed E-state index contributed by atoms with van der Waals surface area (Å²) >= 11 is 0. The maximum absolute atomic E-state index is 6.05. The van der Waals surface area contributed by atoms with Gasteiger partial charge in [-0.25, -0.2) is 0 Å². The monoisotopic (exact) mass is 230 g/mol. The second kappa shape index (κ2) is 6.15. The first-order chi connectivity index (χ1) is 7.68. The zero-order valence-corrected chi connectivity index (χ0v) is 11.3. The van der Waals surface area contributed by atoms with Gasteiger partial charge in [0.05, 0.1) is 6.26 Å². The molecule has 0 spiro atoms. The van der Waals surface area contributed by atoms with Gasteiger partial charge in [0.2, 0.25) is 0 Å². The number of unbranched alkanes of at least 4 members (excludes halogenated alkanes) is 1. The zero-order valence-electron chi connectivity index (χ0n) is 11.3. The van der Waals surface area contributed by atoms with E-state index in [1.807, 2.05) is 12.1 Å². The van der Waals surface area contributed by atoms with Crippen LogP contribution in [0.3, 0.4) is 0 Å². The maximum Gasteiger partial charge on any atom is 1.00 e. The molecule has 0 aliphatic carbocycles. The van der Waals surface area contributed by atoms with Crippen LogP contribution in [0.15, 0.2) is 22.8 Å². The van der Waals surface area contributed by atoms with E-state index in [2.05, 4.69) is 20.8 Å². The Balaban J connectivity index is 0.00000144. The van der Waals surface area contributed by atoms with E-state index < -0.39 is 6.55 Å². The molecule has 1 aromatic heterocycles. The molecular formula is C12H20BLiO3. The number of rotatable bonds is 4. The third kappa shape index (κ3) is 3.00. The van der Waals surface area contributed by atoms with Crippen molar-refractivity contribution in [3.8, 4) is 0 Å². The van der Waals surface area contributed by atoms with E-state index in [9.17, 15) is 0 Å². The number of hydrogen-bond donors (Lipinski definition) is 0. The summed E-state index contributed by atoms with van der Waals surface area (Å²) in [4.78, 5) is 0. The summed E-state index contributed by atoms with van der Waals surface area (Å²) in [6, 6.07) is 3.85. The predicted molar refractivity (Wildman–Crippen MR) is 64.9 cm³/mol. The van der Waals surface area contributed by atoms with Gasteiger partial charge in [-0.3, -0.25) is 0 Å². The van der Waals surface area contributed by atoms with Crippen molar-refractivity contribution >= 4 is 12.2 Å². The van der Waals surface area contributed by atoms with Gasteiger partial charge in [-0.1, -0.05) is 25.8 Å². The minimum atomic E-state index is -1.38. The van der Waals surface area contributed by atoms with E-state index in [0.717, 1.165) is 24.8 Å². The predicted octanol–water partition coefficient (Wildman–Crippen LogP) is -0.443. The van der Waals surface area contributed by atoms with E-state index in [1.54, 1.807) is 6.26 Å².